The molecular formula is C14H13BrN4O2. The Kier molecular flexibility index (Phi) is 3.59. The van der Waals surface area contributed by atoms with Crippen LogP contribution in [0.5, 0.6) is 0 Å². The van der Waals surface area contributed by atoms with E-state index < -0.39 is 0 Å². The van der Waals surface area contributed by atoms with Gasteiger partial charge < -0.3 is 4.90 Å². The van der Waals surface area contributed by atoms with Gasteiger partial charge in [0.15, 0.2) is 0 Å². The number of hydrogen-bond donors (Lipinski definition) is 0. The molecule has 0 amide bonds. The minimum Gasteiger partial charge on any atom is -0.370 e. The molecule has 21 heavy (non-hydrogen) atoms. The summed E-state index contributed by atoms with van der Waals surface area (Å²) in [4.78, 5) is 21.3. The van der Waals surface area contributed by atoms with Crippen molar-refractivity contribution in [1.82, 2.24) is 9.97 Å². The summed E-state index contributed by atoms with van der Waals surface area (Å²) in [5.74, 6) is 1.15. The number of rotatable bonds is 3. The molecule has 1 aliphatic rings. The van der Waals surface area contributed by atoms with Crippen LogP contribution in [0, 0.1) is 17.0 Å². The molecule has 1 aliphatic heterocycles. The zero-order chi connectivity index (χ0) is 15.0. The zero-order valence-corrected chi connectivity index (χ0v) is 12.9. The van der Waals surface area contributed by atoms with Crippen LogP contribution in [0.3, 0.4) is 0 Å². The first-order valence-electron chi connectivity index (χ1n) is 6.52. The number of benzene rings is 1. The van der Waals surface area contributed by atoms with Crippen LogP contribution in [-0.2, 0) is 0 Å². The van der Waals surface area contributed by atoms with Gasteiger partial charge in [-0.1, -0.05) is 0 Å². The van der Waals surface area contributed by atoms with Crippen LogP contribution >= 0.6 is 15.9 Å². The molecule has 0 unspecified atom stereocenters. The van der Waals surface area contributed by atoms with Gasteiger partial charge in [0.05, 0.1) is 15.3 Å². The molecular weight excluding hydrogens is 336 g/mol. The molecule has 3 rings (SSSR count). The second kappa shape index (κ2) is 5.40. The van der Waals surface area contributed by atoms with E-state index in [1.807, 2.05) is 6.07 Å². The van der Waals surface area contributed by atoms with Crippen LogP contribution in [0.1, 0.15) is 17.3 Å². The van der Waals surface area contributed by atoms with Crippen molar-refractivity contribution in [3.63, 3.8) is 0 Å². The third-order valence-electron chi connectivity index (χ3n) is 3.63. The number of aryl methyl sites for hydroxylation is 1. The molecule has 0 radical (unpaired) electrons. The molecule has 0 saturated carbocycles. The topological polar surface area (TPSA) is 72.2 Å². The van der Waals surface area contributed by atoms with E-state index in [9.17, 15) is 10.1 Å². The van der Waals surface area contributed by atoms with E-state index in [0.29, 0.717) is 11.5 Å². The van der Waals surface area contributed by atoms with Gasteiger partial charge >= 0.3 is 0 Å². The lowest BCUT2D eigenvalue weighted by atomic mass is 9.97. The SMILES string of the molecule is Cc1cc(N2CC(c3ncc(Br)cn3)C2)ccc1[N+](=O)[O-]. The van der Waals surface area contributed by atoms with Crippen molar-refractivity contribution in [2.75, 3.05) is 18.0 Å². The van der Waals surface area contributed by atoms with Crippen LogP contribution in [0.4, 0.5) is 11.4 Å². The molecule has 0 bridgehead atoms. The summed E-state index contributed by atoms with van der Waals surface area (Å²) >= 11 is 3.32. The van der Waals surface area contributed by atoms with Gasteiger partial charge in [0.2, 0.25) is 0 Å². The maximum atomic E-state index is 10.8. The Labute approximate surface area is 130 Å². The van der Waals surface area contributed by atoms with Crippen LogP contribution in [0.15, 0.2) is 35.1 Å². The Bertz CT molecular complexity index is 684. The molecule has 0 N–H and O–H groups in total. The fourth-order valence-electron chi connectivity index (χ4n) is 2.43. The molecule has 0 aliphatic carbocycles. The normalized spacial score (nSPS) is 14.9. The highest BCUT2D eigenvalue weighted by molar-refractivity contribution is 9.10. The van der Waals surface area contributed by atoms with Crippen molar-refractivity contribution in [3.8, 4) is 0 Å². The first kappa shape index (κ1) is 13.9. The lowest BCUT2D eigenvalue weighted by Crippen LogP contribution is -2.45. The highest BCUT2D eigenvalue weighted by Gasteiger charge is 2.30. The first-order valence-corrected chi connectivity index (χ1v) is 7.31. The molecule has 2 aromatic rings. The minimum atomic E-state index is -0.353. The Morgan fingerprint density at radius 2 is 2.00 bits per heavy atom. The fraction of sp³-hybridized carbons (Fsp3) is 0.286. The Balaban J connectivity index is 1.70. The average Bonchev–Trinajstić information content (AvgIpc) is 2.39. The second-order valence-corrected chi connectivity index (χ2v) is 6.00. The summed E-state index contributed by atoms with van der Waals surface area (Å²) in [5.41, 5.74) is 1.85. The summed E-state index contributed by atoms with van der Waals surface area (Å²) < 4.78 is 0.869. The second-order valence-electron chi connectivity index (χ2n) is 5.09. The van der Waals surface area contributed by atoms with E-state index in [1.54, 1.807) is 31.5 Å². The van der Waals surface area contributed by atoms with E-state index in [2.05, 4.69) is 30.8 Å². The van der Waals surface area contributed by atoms with Gasteiger partial charge in [0, 0.05) is 42.8 Å². The molecule has 0 spiro atoms. The predicted molar refractivity (Wildman–Crippen MR) is 82.5 cm³/mol. The van der Waals surface area contributed by atoms with Gasteiger partial charge in [-0.2, -0.15) is 0 Å². The van der Waals surface area contributed by atoms with Gasteiger partial charge in [-0.15, -0.1) is 0 Å². The molecule has 2 heterocycles. The monoisotopic (exact) mass is 348 g/mol. The quantitative estimate of drug-likeness (QED) is 0.629. The van der Waals surface area contributed by atoms with E-state index >= 15 is 0 Å². The highest BCUT2D eigenvalue weighted by atomic mass is 79.9. The van der Waals surface area contributed by atoms with Gasteiger partial charge in [0.25, 0.3) is 5.69 Å². The maximum Gasteiger partial charge on any atom is 0.272 e. The number of halogens is 1. The standard InChI is InChI=1S/C14H13BrN4O2/c1-9-4-12(2-3-13(9)19(20)21)18-7-10(8-18)14-16-5-11(15)6-17-14/h2-6,10H,7-8H2,1H3. The lowest BCUT2D eigenvalue weighted by molar-refractivity contribution is -0.385. The third-order valence-corrected chi connectivity index (χ3v) is 4.04. The molecule has 1 aromatic heterocycles. The summed E-state index contributed by atoms with van der Waals surface area (Å²) in [6.07, 6.45) is 3.50. The van der Waals surface area contributed by atoms with Crippen LogP contribution in [0.2, 0.25) is 0 Å². The van der Waals surface area contributed by atoms with Crippen molar-refractivity contribution in [1.29, 1.82) is 0 Å². The average molecular weight is 349 g/mol. The Morgan fingerprint density at radius 3 is 2.57 bits per heavy atom. The molecule has 1 aromatic carbocycles. The molecule has 1 saturated heterocycles. The summed E-state index contributed by atoms with van der Waals surface area (Å²) in [6, 6.07) is 5.22. The number of nitrogens with zero attached hydrogens (tertiary/aromatic N) is 4. The van der Waals surface area contributed by atoms with Crippen molar-refractivity contribution in [3.05, 3.63) is 56.6 Å². The van der Waals surface area contributed by atoms with Crippen molar-refractivity contribution in [2.45, 2.75) is 12.8 Å². The van der Waals surface area contributed by atoms with Gasteiger partial charge in [-0.3, -0.25) is 10.1 Å². The Morgan fingerprint density at radius 1 is 1.33 bits per heavy atom. The fourth-order valence-corrected chi connectivity index (χ4v) is 2.63. The predicted octanol–water partition coefficient (Wildman–Crippen LogP) is 3.06. The Hall–Kier alpha value is -2.02. The smallest absolute Gasteiger partial charge is 0.272 e. The number of anilines is 1. The van der Waals surface area contributed by atoms with Crippen LogP contribution in [-0.4, -0.2) is 28.0 Å². The number of aromatic nitrogens is 2. The van der Waals surface area contributed by atoms with E-state index in [-0.39, 0.29) is 10.6 Å². The zero-order valence-electron chi connectivity index (χ0n) is 11.4. The highest BCUT2D eigenvalue weighted by Crippen LogP contribution is 2.32. The van der Waals surface area contributed by atoms with Crippen molar-refractivity contribution in [2.24, 2.45) is 0 Å². The summed E-state index contributed by atoms with van der Waals surface area (Å²) in [6.45, 7) is 3.43. The molecule has 1 fully saturated rings. The molecule has 108 valence electrons. The summed E-state index contributed by atoms with van der Waals surface area (Å²) in [5, 5.41) is 10.8. The first-order chi connectivity index (χ1) is 10.0. The van der Waals surface area contributed by atoms with Gasteiger partial charge in [-0.05, 0) is 35.0 Å². The molecule has 7 heteroatoms. The van der Waals surface area contributed by atoms with Gasteiger partial charge in [0.1, 0.15) is 5.82 Å². The van der Waals surface area contributed by atoms with E-state index in [0.717, 1.165) is 29.1 Å². The largest absolute Gasteiger partial charge is 0.370 e. The van der Waals surface area contributed by atoms with Crippen molar-refractivity contribution < 1.29 is 4.92 Å². The number of nitro groups is 1. The van der Waals surface area contributed by atoms with Crippen molar-refractivity contribution >= 4 is 27.3 Å². The minimum absolute atomic E-state index is 0.159. The molecule has 0 atom stereocenters. The third kappa shape index (κ3) is 2.73. The number of nitro benzene ring substituents is 1. The van der Waals surface area contributed by atoms with Crippen LogP contribution in [0.25, 0.3) is 0 Å². The van der Waals surface area contributed by atoms with E-state index in [4.69, 9.17) is 0 Å². The van der Waals surface area contributed by atoms with Gasteiger partial charge in [-0.25, -0.2) is 9.97 Å². The maximum absolute atomic E-state index is 10.8. The lowest BCUT2D eigenvalue weighted by Gasteiger charge is -2.40. The summed E-state index contributed by atoms with van der Waals surface area (Å²) in [7, 11) is 0. The number of hydrogen-bond acceptors (Lipinski definition) is 5. The van der Waals surface area contributed by atoms with E-state index in [1.165, 1.54) is 0 Å². The molecule has 6 nitrogen and oxygen atoms in total. The van der Waals surface area contributed by atoms with Crippen LogP contribution < -0.4 is 4.90 Å².